The second kappa shape index (κ2) is 6.23. The molecule has 1 heterocycles. The van der Waals surface area contributed by atoms with Crippen LogP contribution in [0.5, 0.6) is 11.5 Å². The van der Waals surface area contributed by atoms with Gasteiger partial charge >= 0.3 is 0 Å². The minimum absolute atomic E-state index is 0.537. The molecule has 1 aromatic carbocycles. The minimum atomic E-state index is 0.537. The van der Waals surface area contributed by atoms with Gasteiger partial charge in [0.15, 0.2) is 0 Å². The molecule has 2 rings (SSSR count). The van der Waals surface area contributed by atoms with Gasteiger partial charge in [0.2, 0.25) is 0 Å². The highest BCUT2D eigenvalue weighted by molar-refractivity contribution is 5.42. The molecule has 0 saturated carbocycles. The van der Waals surface area contributed by atoms with Crippen molar-refractivity contribution in [1.29, 1.82) is 0 Å². The lowest BCUT2D eigenvalue weighted by atomic mass is 10.0. The summed E-state index contributed by atoms with van der Waals surface area (Å²) in [6.45, 7) is 7.25. The van der Waals surface area contributed by atoms with Gasteiger partial charge in [-0.2, -0.15) is 0 Å². The lowest BCUT2D eigenvalue weighted by Gasteiger charge is -2.09. The first kappa shape index (κ1) is 13.4. The molecule has 100 valence electrons. The van der Waals surface area contributed by atoms with E-state index in [1.807, 2.05) is 31.2 Å². The number of benzene rings is 1. The molecule has 0 atom stereocenters. The van der Waals surface area contributed by atoms with Gasteiger partial charge in [0, 0.05) is 18.8 Å². The zero-order valence-corrected chi connectivity index (χ0v) is 11.7. The molecule has 0 bridgehead atoms. The zero-order chi connectivity index (χ0) is 13.7. The Hall–Kier alpha value is -2.03. The topological polar surface area (TPSA) is 34.1 Å². The Balaban J connectivity index is 2.10. The van der Waals surface area contributed by atoms with Crippen LogP contribution in [0.25, 0.3) is 0 Å². The van der Waals surface area contributed by atoms with E-state index in [1.54, 1.807) is 6.20 Å². The summed E-state index contributed by atoms with van der Waals surface area (Å²) in [6.07, 6.45) is 1.75. The van der Waals surface area contributed by atoms with Crippen molar-refractivity contribution in [2.75, 3.05) is 11.9 Å². The second-order valence-electron chi connectivity index (χ2n) is 4.73. The quantitative estimate of drug-likeness (QED) is 0.859. The first-order valence-electron chi connectivity index (χ1n) is 6.66. The van der Waals surface area contributed by atoms with Gasteiger partial charge in [-0.15, -0.1) is 0 Å². The molecular formula is C16H20N2O. The van der Waals surface area contributed by atoms with E-state index < -0.39 is 0 Å². The summed E-state index contributed by atoms with van der Waals surface area (Å²) < 4.78 is 5.82. The summed E-state index contributed by atoms with van der Waals surface area (Å²) in [5.41, 5.74) is 1.32. The largest absolute Gasteiger partial charge is 0.457 e. The Morgan fingerprint density at radius 2 is 1.84 bits per heavy atom. The van der Waals surface area contributed by atoms with E-state index in [4.69, 9.17) is 4.74 Å². The fourth-order valence-corrected chi connectivity index (χ4v) is 1.81. The Bertz CT molecular complexity index is 521. The zero-order valence-electron chi connectivity index (χ0n) is 11.7. The summed E-state index contributed by atoms with van der Waals surface area (Å²) >= 11 is 0. The normalized spacial score (nSPS) is 10.5. The first-order chi connectivity index (χ1) is 9.19. The number of hydrogen-bond donors (Lipinski definition) is 1. The number of hydrogen-bond acceptors (Lipinski definition) is 3. The van der Waals surface area contributed by atoms with Crippen LogP contribution in [0.15, 0.2) is 42.6 Å². The standard InChI is InChI=1S/C16H20N2O/c1-4-17-16-11-15(9-10-18-16)19-14-7-5-13(6-8-14)12(2)3/h5-12H,4H2,1-3H3,(H,17,18). The monoisotopic (exact) mass is 256 g/mol. The predicted molar refractivity (Wildman–Crippen MR) is 79.0 cm³/mol. The number of rotatable bonds is 5. The van der Waals surface area contributed by atoms with E-state index in [0.29, 0.717) is 5.92 Å². The van der Waals surface area contributed by atoms with Gasteiger partial charge in [-0.1, -0.05) is 26.0 Å². The molecule has 2 aromatic rings. The van der Waals surface area contributed by atoms with E-state index in [-0.39, 0.29) is 0 Å². The van der Waals surface area contributed by atoms with Gasteiger partial charge in [-0.05, 0) is 36.6 Å². The molecule has 0 amide bonds. The van der Waals surface area contributed by atoms with Crippen LogP contribution < -0.4 is 10.1 Å². The van der Waals surface area contributed by atoms with Gasteiger partial charge in [-0.25, -0.2) is 4.98 Å². The summed E-state index contributed by atoms with van der Waals surface area (Å²) in [4.78, 5) is 4.22. The Kier molecular flexibility index (Phi) is 4.39. The molecule has 0 fully saturated rings. The van der Waals surface area contributed by atoms with Crippen molar-refractivity contribution in [2.24, 2.45) is 0 Å². The maximum atomic E-state index is 5.82. The van der Waals surface area contributed by atoms with Crippen LogP contribution in [0, 0.1) is 0 Å². The highest BCUT2D eigenvalue weighted by Gasteiger charge is 2.02. The summed E-state index contributed by atoms with van der Waals surface area (Å²) in [5, 5.41) is 3.17. The molecule has 1 N–H and O–H groups in total. The van der Waals surface area contributed by atoms with Gasteiger partial charge in [0.1, 0.15) is 17.3 Å². The minimum Gasteiger partial charge on any atom is -0.457 e. The number of pyridine rings is 1. The molecule has 0 aliphatic heterocycles. The Morgan fingerprint density at radius 3 is 2.47 bits per heavy atom. The van der Waals surface area contributed by atoms with Crippen molar-refractivity contribution in [3.63, 3.8) is 0 Å². The maximum Gasteiger partial charge on any atom is 0.132 e. The molecule has 0 saturated heterocycles. The van der Waals surface area contributed by atoms with Gasteiger partial charge in [-0.3, -0.25) is 0 Å². The van der Waals surface area contributed by atoms with E-state index >= 15 is 0 Å². The van der Waals surface area contributed by atoms with Crippen molar-refractivity contribution >= 4 is 5.82 Å². The number of anilines is 1. The fourth-order valence-electron chi connectivity index (χ4n) is 1.81. The van der Waals surface area contributed by atoms with E-state index in [2.05, 4.69) is 36.3 Å². The third-order valence-electron chi connectivity index (χ3n) is 2.87. The molecule has 3 nitrogen and oxygen atoms in total. The van der Waals surface area contributed by atoms with E-state index in [0.717, 1.165) is 23.9 Å². The molecular weight excluding hydrogens is 236 g/mol. The Morgan fingerprint density at radius 1 is 1.11 bits per heavy atom. The molecule has 0 spiro atoms. The number of nitrogens with zero attached hydrogens (tertiary/aromatic N) is 1. The Labute approximate surface area is 114 Å². The second-order valence-corrected chi connectivity index (χ2v) is 4.73. The van der Waals surface area contributed by atoms with Crippen LogP contribution in [0.4, 0.5) is 5.82 Å². The van der Waals surface area contributed by atoms with Crippen LogP contribution >= 0.6 is 0 Å². The molecule has 3 heteroatoms. The van der Waals surface area contributed by atoms with Gasteiger partial charge < -0.3 is 10.1 Å². The number of nitrogens with one attached hydrogen (secondary N) is 1. The van der Waals surface area contributed by atoms with Gasteiger partial charge in [0.25, 0.3) is 0 Å². The van der Waals surface area contributed by atoms with Crippen LogP contribution in [0.3, 0.4) is 0 Å². The van der Waals surface area contributed by atoms with E-state index in [9.17, 15) is 0 Å². The van der Waals surface area contributed by atoms with Crippen LogP contribution in [-0.4, -0.2) is 11.5 Å². The fraction of sp³-hybridized carbons (Fsp3) is 0.312. The molecule has 0 radical (unpaired) electrons. The molecule has 0 aliphatic rings. The predicted octanol–water partition coefficient (Wildman–Crippen LogP) is 4.43. The molecule has 19 heavy (non-hydrogen) atoms. The van der Waals surface area contributed by atoms with Crippen molar-refractivity contribution in [3.05, 3.63) is 48.2 Å². The third-order valence-corrected chi connectivity index (χ3v) is 2.87. The lowest BCUT2D eigenvalue weighted by Crippen LogP contribution is -1.98. The van der Waals surface area contributed by atoms with Crippen LogP contribution in [0.1, 0.15) is 32.3 Å². The third kappa shape index (κ3) is 3.71. The summed E-state index contributed by atoms with van der Waals surface area (Å²) in [6, 6.07) is 12.0. The van der Waals surface area contributed by atoms with E-state index in [1.165, 1.54) is 5.56 Å². The highest BCUT2D eigenvalue weighted by atomic mass is 16.5. The lowest BCUT2D eigenvalue weighted by molar-refractivity contribution is 0.482. The number of aromatic nitrogens is 1. The van der Waals surface area contributed by atoms with Crippen LogP contribution in [-0.2, 0) is 0 Å². The highest BCUT2D eigenvalue weighted by Crippen LogP contribution is 2.24. The maximum absolute atomic E-state index is 5.82. The van der Waals surface area contributed by atoms with Crippen molar-refractivity contribution in [2.45, 2.75) is 26.7 Å². The summed E-state index contributed by atoms with van der Waals surface area (Å²) in [7, 11) is 0. The van der Waals surface area contributed by atoms with Crippen molar-refractivity contribution in [1.82, 2.24) is 4.98 Å². The molecule has 0 aliphatic carbocycles. The first-order valence-corrected chi connectivity index (χ1v) is 6.66. The average molecular weight is 256 g/mol. The van der Waals surface area contributed by atoms with Crippen molar-refractivity contribution in [3.8, 4) is 11.5 Å². The molecule has 0 unspecified atom stereocenters. The number of ether oxygens (including phenoxy) is 1. The van der Waals surface area contributed by atoms with Gasteiger partial charge in [0.05, 0.1) is 0 Å². The average Bonchev–Trinajstić information content (AvgIpc) is 2.40. The smallest absolute Gasteiger partial charge is 0.132 e. The molecule has 1 aromatic heterocycles. The van der Waals surface area contributed by atoms with Crippen LogP contribution in [0.2, 0.25) is 0 Å². The summed E-state index contributed by atoms with van der Waals surface area (Å²) in [5.74, 6) is 3.01. The SMILES string of the molecule is CCNc1cc(Oc2ccc(C(C)C)cc2)ccn1. The van der Waals surface area contributed by atoms with Crippen molar-refractivity contribution < 1.29 is 4.74 Å².